The Morgan fingerprint density at radius 1 is 1.38 bits per heavy atom. The van der Waals surface area contributed by atoms with E-state index in [9.17, 15) is 4.79 Å². The summed E-state index contributed by atoms with van der Waals surface area (Å²) in [6, 6.07) is 0. The van der Waals surface area contributed by atoms with Gasteiger partial charge < -0.3 is 5.32 Å². The zero-order chi connectivity index (χ0) is 9.90. The van der Waals surface area contributed by atoms with Gasteiger partial charge in [0.25, 0.3) is 0 Å². The fourth-order valence-electron chi connectivity index (χ4n) is 2.20. The molecule has 2 atom stereocenters. The van der Waals surface area contributed by atoms with Gasteiger partial charge >= 0.3 is 0 Å². The van der Waals surface area contributed by atoms with Gasteiger partial charge in [-0.25, -0.2) is 0 Å². The van der Waals surface area contributed by atoms with Crippen LogP contribution in [0.4, 0.5) is 0 Å². The summed E-state index contributed by atoms with van der Waals surface area (Å²) in [5, 5.41) is 2.78. The van der Waals surface area contributed by atoms with Crippen LogP contribution in [0.3, 0.4) is 0 Å². The Kier molecular flexibility index (Phi) is 3.34. The van der Waals surface area contributed by atoms with E-state index < -0.39 is 0 Å². The zero-order valence-corrected chi connectivity index (χ0v) is 9.02. The maximum absolute atomic E-state index is 11.6. The highest BCUT2D eigenvalue weighted by Crippen LogP contribution is 2.36. The summed E-state index contributed by atoms with van der Waals surface area (Å²) in [7, 11) is 1.74. The Hall–Kier alpha value is -0.530. The topological polar surface area (TPSA) is 29.1 Å². The van der Waals surface area contributed by atoms with Gasteiger partial charge in [-0.3, -0.25) is 4.79 Å². The smallest absolute Gasteiger partial charge is 0.225 e. The van der Waals surface area contributed by atoms with Crippen molar-refractivity contribution in [3.63, 3.8) is 0 Å². The molecule has 0 radical (unpaired) electrons. The first-order chi connectivity index (χ1) is 6.08. The summed E-state index contributed by atoms with van der Waals surface area (Å²) in [5.41, 5.74) is -0.0977. The Bertz CT molecular complexity index is 191. The molecule has 0 spiro atoms. The maximum atomic E-state index is 11.6. The Balaban J connectivity index is 2.62. The number of hydrogen-bond donors (Lipinski definition) is 1. The molecule has 1 amide bonds. The molecule has 1 aliphatic rings. The second kappa shape index (κ2) is 4.12. The maximum Gasteiger partial charge on any atom is 0.225 e. The van der Waals surface area contributed by atoms with Gasteiger partial charge in [0.05, 0.1) is 0 Å². The molecule has 0 saturated heterocycles. The summed E-state index contributed by atoms with van der Waals surface area (Å²) in [5.74, 6) is 1.02. The van der Waals surface area contributed by atoms with E-state index >= 15 is 0 Å². The molecule has 76 valence electrons. The second-order valence-electron chi connectivity index (χ2n) is 4.68. The summed E-state index contributed by atoms with van der Waals surface area (Å²) < 4.78 is 0. The third-order valence-corrected chi connectivity index (χ3v) is 3.39. The Labute approximate surface area is 81.1 Å². The monoisotopic (exact) mass is 183 g/mol. The first-order valence-corrected chi connectivity index (χ1v) is 5.31. The second-order valence-corrected chi connectivity index (χ2v) is 4.68. The average molecular weight is 183 g/mol. The molecule has 0 heterocycles. The lowest BCUT2D eigenvalue weighted by Crippen LogP contribution is -2.36. The highest BCUT2D eigenvalue weighted by molar-refractivity contribution is 5.81. The molecule has 0 aliphatic heterocycles. The van der Waals surface area contributed by atoms with Crippen molar-refractivity contribution in [3.05, 3.63) is 0 Å². The quantitative estimate of drug-likeness (QED) is 0.621. The third-order valence-electron chi connectivity index (χ3n) is 3.39. The molecular weight excluding hydrogens is 162 g/mol. The molecule has 2 heteroatoms. The van der Waals surface area contributed by atoms with Crippen LogP contribution in [-0.4, -0.2) is 13.0 Å². The summed E-state index contributed by atoms with van der Waals surface area (Å²) in [6.45, 7) is 4.39. The van der Waals surface area contributed by atoms with Gasteiger partial charge in [-0.15, -0.1) is 0 Å². The molecule has 1 N–H and O–H groups in total. The molecule has 1 saturated carbocycles. The van der Waals surface area contributed by atoms with Crippen LogP contribution in [0.15, 0.2) is 0 Å². The van der Waals surface area contributed by atoms with Crippen LogP contribution < -0.4 is 5.32 Å². The van der Waals surface area contributed by atoms with E-state index in [1.54, 1.807) is 7.05 Å². The molecule has 13 heavy (non-hydrogen) atoms. The van der Waals surface area contributed by atoms with Gasteiger partial charge in [0.1, 0.15) is 0 Å². The van der Waals surface area contributed by atoms with Crippen molar-refractivity contribution < 1.29 is 4.79 Å². The van der Waals surface area contributed by atoms with Crippen LogP contribution in [0.5, 0.6) is 0 Å². The minimum Gasteiger partial charge on any atom is -0.359 e. The highest BCUT2D eigenvalue weighted by Gasteiger charge is 2.33. The molecule has 1 rings (SSSR count). The van der Waals surface area contributed by atoms with Crippen LogP contribution in [0, 0.1) is 11.3 Å². The minimum atomic E-state index is -0.0977. The first kappa shape index (κ1) is 10.6. The predicted molar refractivity (Wildman–Crippen MR) is 54.4 cm³/mol. The molecule has 2 unspecified atom stereocenters. The standard InChI is InChI=1S/C11H21NO/c1-9-5-4-7-11(2,8-6-9)10(13)12-3/h9H,4-8H2,1-3H3,(H,12,13). The Morgan fingerprint density at radius 2 is 2.08 bits per heavy atom. The lowest BCUT2D eigenvalue weighted by molar-refractivity contribution is -0.130. The van der Waals surface area contributed by atoms with E-state index in [2.05, 4.69) is 19.2 Å². The van der Waals surface area contributed by atoms with Gasteiger partial charge in [-0.05, 0) is 25.2 Å². The minimum absolute atomic E-state index is 0.0977. The Morgan fingerprint density at radius 3 is 2.69 bits per heavy atom. The van der Waals surface area contributed by atoms with Gasteiger partial charge in [0.2, 0.25) is 5.91 Å². The van der Waals surface area contributed by atoms with Crippen LogP contribution in [0.2, 0.25) is 0 Å². The van der Waals surface area contributed by atoms with Crippen molar-refractivity contribution in [2.45, 2.75) is 46.0 Å². The number of nitrogens with one attached hydrogen (secondary N) is 1. The van der Waals surface area contributed by atoms with Crippen molar-refractivity contribution >= 4 is 5.91 Å². The van der Waals surface area contributed by atoms with E-state index in [0.29, 0.717) is 0 Å². The van der Waals surface area contributed by atoms with Gasteiger partial charge in [-0.1, -0.05) is 26.7 Å². The molecule has 1 fully saturated rings. The van der Waals surface area contributed by atoms with Gasteiger partial charge in [0.15, 0.2) is 0 Å². The van der Waals surface area contributed by atoms with E-state index in [4.69, 9.17) is 0 Å². The fourth-order valence-corrected chi connectivity index (χ4v) is 2.20. The molecule has 2 nitrogen and oxygen atoms in total. The molecule has 1 aliphatic carbocycles. The van der Waals surface area contributed by atoms with Crippen molar-refractivity contribution in [2.75, 3.05) is 7.05 Å². The van der Waals surface area contributed by atoms with E-state index in [1.807, 2.05) is 0 Å². The average Bonchev–Trinajstić information content (AvgIpc) is 2.28. The largest absolute Gasteiger partial charge is 0.359 e. The molecular formula is C11H21NO. The first-order valence-electron chi connectivity index (χ1n) is 5.31. The summed E-state index contributed by atoms with van der Waals surface area (Å²) >= 11 is 0. The summed E-state index contributed by atoms with van der Waals surface area (Å²) in [6.07, 6.45) is 5.78. The lowest BCUT2D eigenvalue weighted by atomic mass is 9.81. The van der Waals surface area contributed by atoms with Crippen LogP contribution >= 0.6 is 0 Å². The molecule has 0 aromatic rings. The number of amides is 1. The number of rotatable bonds is 1. The van der Waals surface area contributed by atoms with Crippen LogP contribution in [0.25, 0.3) is 0 Å². The van der Waals surface area contributed by atoms with E-state index in [0.717, 1.165) is 18.8 Å². The van der Waals surface area contributed by atoms with Gasteiger partial charge in [-0.2, -0.15) is 0 Å². The number of carbonyl (C=O) groups excluding carboxylic acids is 1. The van der Waals surface area contributed by atoms with Crippen LogP contribution in [-0.2, 0) is 4.79 Å². The van der Waals surface area contributed by atoms with Gasteiger partial charge in [0, 0.05) is 12.5 Å². The summed E-state index contributed by atoms with van der Waals surface area (Å²) in [4.78, 5) is 11.6. The lowest BCUT2D eigenvalue weighted by Gasteiger charge is -2.25. The molecule has 0 aromatic heterocycles. The van der Waals surface area contributed by atoms with E-state index in [1.165, 1.54) is 19.3 Å². The van der Waals surface area contributed by atoms with E-state index in [-0.39, 0.29) is 11.3 Å². The highest BCUT2D eigenvalue weighted by atomic mass is 16.2. The van der Waals surface area contributed by atoms with Crippen molar-refractivity contribution in [1.82, 2.24) is 5.32 Å². The fraction of sp³-hybridized carbons (Fsp3) is 0.909. The SMILES string of the molecule is CNC(=O)C1(C)CCCC(C)CC1. The van der Waals surface area contributed by atoms with Crippen molar-refractivity contribution in [2.24, 2.45) is 11.3 Å². The third kappa shape index (κ3) is 2.45. The molecule has 0 bridgehead atoms. The van der Waals surface area contributed by atoms with Crippen LogP contribution in [0.1, 0.15) is 46.0 Å². The van der Waals surface area contributed by atoms with Crippen molar-refractivity contribution in [3.8, 4) is 0 Å². The zero-order valence-electron chi connectivity index (χ0n) is 9.02. The number of carbonyl (C=O) groups is 1. The number of hydrogen-bond acceptors (Lipinski definition) is 1. The van der Waals surface area contributed by atoms with Crippen molar-refractivity contribution in [1.29, 1.82) is 0 Å². The molecule has 0 aromatic carbocycles. The normalized spacial score (nSPS) is 35.2. The predicted octanol–water partition coefficient (Wildman–Crippen LogP) is 2.34.